The number of hydrogen-bond acceptors (Lipinski definition) is 1. The van der Waals surface area contributed by atoms with Crippen LogP contribution < -0.4 is 0 Å². The molecule has 9 rings (SSSR count). The third-order valence-electron chi connectivity index (χ3n) is 8.85. The first kappa shape index (κ1) is 24.0. The number of hydrogen-bond donors (Lipinski definition) is 0. The Bertz CT molecular complexity index is 2430. The quantitative estimate of drug-likeness (QED) is 0.201. The molecule has 0 N–H and O–H groups in total. The van der Waals surface area contributed by atoms with Gasteiger partial charge < -0.3 is 4.42 Å². The lowest BCUT2D eigenvalue weighted by Crippen LogP contribution is -1.91. The van der Waals surface area contributed by atoms with Crippen molar-refractivity contribution in [2.24, 2.45) is 0 Å². The molecule has 0 unspecified atom stereocenters. The predicted molar refractivity (Wildman–Crippen MR) is 183 cm³/mol. The second kappa shape index (κ2) is 9.44. The van der Waals surface area contributed by atoms with Crippen LogP contribution in [0, 0.1) is 0 Å². The molecule has 0 radical (unpaired) electrons. The highest BCUT2D eigenvalue weighted by Gasteiger charge is 2.20. The van der Waals surface area contributed by atoms with E-state index in [1.165, 1.54) is 65.5 Å². The third-order valence-corrected chi connectivity index (χ3v) is 8.85. The summed E-state index contributed by atoms with van der Waals surface area (Å²) in [5.41, 5.74) is 9.11. The first-order valence-corrected chi connectivity index (χ1v) is 14.8. The molecule has 0 aliphatic carbocycles. The molecule has 0 saturated heterocycles. The molecule has 0 fully saturated rings. The summed E-state index contributed by atoms with van der Waals surface area (Å²) >= 11 is 0. The minimum Gasteiger partial charge on any atom is -0.456 e. The second-order valence-electron chi connectivity index (χ2n) is 11.2. The van der Waals surface area contributed by atoms with Gasteiger partial charge in [-0.15, -0.1) is 0 Å². The van der Waals surface area contributed by atoms with Crippen LogP contribution in [-0.2, 0) is 0 Å². The van der Waals surface area contributed by atoms with Crippen LogP contribution in [0.25, 0.3) is 87.6 Å². The minimum absolute atomic E-state index is 0.910. The minimum atomic E-state index is 0.910. The molecule has 1 heterocycles. The zero-order valence-corrected chi connectivity index (χ0v) is 23.4. The molecule has 9 aromatic rings. The molecule has 1 aromatic heterocycles. The van der Waals surface area contributed by atoms with E-state index in [-0.39, 0.29) is 0 Å². The maximum atomic E-state index is 6.70. The highest BCUT2D eigenvalue weighted by Crippen LogP contribution is 2.47. The van der Waals surface area contributed by atoms with Gasteiger partial charge in [-0.3, -0.25) is 0 Å². The van der Waals surface area contributed by atoms with E-state index in [2.05, 4.69) is 158 Å². The summed E-state index contributed by atoms with van der Waals surface area (Å²) in [5.74, 6) is 0. The van der Waals surface area contributed by atoms with Crippen LogP contribution in [-0.4, -0.2) is 0 Å². The van der Waals surface area contributed by atoms with Gasteiger partial charge in [-0.2, -0.15) is 0 Å². The van der Waals surface area contributed by atoms with Crippen LogP contribution in [0.2, 0.25) is 0 Å². The fourth-order valence-corrected chi connectivity index (χ4v) is 6.99. The maximum absolute atomic E-state index is 6.70. The first-order chi connectivity index (χ1) is 21.3. The van der Waals surface area contributed by atoms with Crippen LogP contribution in [0.15, 0.2) is 162 Å². The molecule has 0 spiro atoms. The summed E-state index contributed by atoms with van der Waals surface area (Å²) in [6, 6.07) is 56.6. The first-order valence-electron chi connectivity index (χ1n) is 14.8. The predicted octanol–water partition coefficient (Wildman–Crippen LogP) is 12.0. The summed E-state index contributed by atoms with van der Waals surface area (Å²) < 4.78 is 6.70. The second-order valence-corrected chi connectivity index (χ2v) is 11.2. The Kier molecular flexibility index (Phi) is 5.27. The monoisotopic (exact) mass is 546 g/mol. The number of rotatable bonds is 3. The lowest BCUT2D eigenvalue weighted by Gasteiger charge is -2.19. The van der Waals surface area contributed by atoms with Crippen LogP contribution in [0.1, 0.15) is 0 Å². The van der Waals surface area contributed by atoms with Gasteiger partial charge in [0.25, 0.3) is 0 Å². The van der Waals surface area contributed by atoms with Crippen molar-refractivity contribution < 1.29 is 4.42 Å². The van der Waals surface area contributed by atoms with Crippen LogP contribution >= 0.6 is 0 Å². The molecular weight excluding hydrogens is 520 g/mol. The summed E-state index contributed by atoms with van der Waals surface area (Å²) in [5, 5.41) is 9.75. The Morgan fingerprint density at radius 1 is 0.302 bits per heavy atom. The fraction of sp³-hybridized carbons (Fsp3) is 0. The summed E-state index contributed by atoms with van der Waals surface area (Å²) in [7, 11) is 0. The number of furan rings is 1. The van der Waals surface area contributed by atoms with Crippen molar-refractivity contribution in [3.8, 4) is 33.4 Å². The van der Waals surface area contributed by atoms with Crippen molar-refractivity contribution in [3.05, 3.63) is 158 Å². The Morgan fingerprint density at radius 3 is 1.44 bits per heavy atom. The standard InChI is InChI=1S/C42H26O/c1-3-13-27(14-4-1)29-23-24-36-38(25-29)43-39-26-37(30-17-7-8-18-31(30)42(36)39)41-34-21-11-9-19-32(34)40(28-15-5-2-6-16-28)33-20-10-12-22-35(33)41/h1-26H. The van der Waals surface area contributed by atoms with E-state index in [0.29, 0.717) is 0 Å². The molecule has 1 heteroatoms. The molecular formula is C42H26O. The highest BCUT2D eigenvalue weighted by molar-refractivity contribution is 6.28. The summed E-state index contributed by atoms with van der Waals surface area (Å²) in [4.78, 5) is 0. The topological polar surface area (TPSA) is 13.1 Å². The Hall–Kier alpha value is -5.66. The van der Waals surface area contributed by atoms with E-state index in [0.717, 1.165) is 22.1 Å². The molecule has 1 nitrogen and oxygen atoms in total. The SMILES string of the molecule is c1ccc(-c2ccc3c(c2)oc2cc(-c4c5ccccc5c(-c5ccccc5)c5ccccc45)c4ccccc4c23)cc1. The molecule has 0 bridgehead atoms. The van der Waals surface area contributed by atoms with E-state index in [4.69, 9.17) is 4.42 Å². The molecule has 0 amide bonds. The van der Waals surface area contributed by atoms with Crippen molar-refractivity contribution in [1.29, 1.82) is 0 Å². The van der Waals surface area contributed by atoms with Crippen molar-refractivity contribution in [2.75, 3.05) is 0 Å². The molecule has 0 atom stereocenters. The van der Waals surface area contributed by atoms with E-state index in [1.54, 1.807) is 0 Å². The van der Waals surface area contributed by atoms with Gasteiger partial charge in [0.1, 0.15) is 11.2 Å². The van der Waals surface area contributed by atoms with Gasteiger partial charge >= 0.3 is 0 Å². The van der Waals surface area contributed by atoms with Gasteiger partial charge in [0.05, 0.1) is 0 Å². The number of fused-ring (bicyclic) bond motifs is 7. The molecule has 43 heavy (non-hydrogen) atoms. The van der Waals surface area contributed by atoms with Gasteiger partial charge in [-0.05, 0) is 83.9 Å². The smallest absolute Gasteiger partial charge is 0.136 e. The average molecular weight is 547 g/mol. The van der Waals surface area contributed by atoms with Gasteiger partial charge in [-0.25, -0.2) is 0 Å². The molecule has 0 aliphatic heterocycles. The maximum Gasteiger partial charge on any atom is 0.136 e. The van der Waals surface area contributed by atoms with E-state index in [9.17, 15) is 0 Å². The van der Waals surface area contributed by atoms with E-state index < -0.39 is 0 Å². The van der Waals surface area contributed by atoms with Gasteiger partial charge in [0, 0.05) is 10.8 Å². The fourth-order valence-electron chi connectivity index (χ4n) is 6.99. The largest absolute Gasteiger partial charge is 0.456 e. The van der Waals surface area contributed by atoms with Gasteiger partial charge in [0.15, 0.2) is 0 Å². The van der Waals surface area contributed by atoms with Crippen LogP contribution in [0.4, 0.5) is 0 Å². The van der Waals surface area contributed by atoms with Gasteiger partial charge in [0.2, 0.25) is 0 Å². The summed E-state index contributed by atoms with van der Waals surface area (Å²) in [6.45, 7) is 0. The van der Waals surface area contributed by atoms with E-state index >= 15 is 0 Å². The Morgan fingerprint density at radius 2 is 0.814 bits per heavy atom. The molecule has 8 aromatic carbocycles. The average Bonchev–Trinajstić information content (AvgIpc) is 3.45. The number of benzene rings is 8. The zero-order valence-electron chi connectivity index (χ0n) is 23.4. The van der Waals surface area contributed by atoms with Crippen molar-refractivity contribution in [3.63, 3.8) is 0 Å². The van der Waals surface area contributed by atoms with Crippen LogP contribution in [0.3, 0.4) is 0 Å². The molecule has 0 saturated carbocycles. The lowest BCUT2D eigenvalue weighted by molar-refractivity contribution is 0.669. The Labute approximate surface area is 249 Å². The Balaban J connectivity index is 1.40. The van der Waals surface area contributed by atoms with Crippen molar-refractivity contribution >= 4 is 54.3 Å². The van der Waals surface area contributed by atoms with Gasteiger partial charge in [-0.1, -0.05) is 140 Å². The van der Waals surface area contributed by atoms with Crippen molar-refractivity contribution in [2.45, 2.75) is 0 Å². The molecule has 200 valence electrons. The zero-order chi connectivity index (χ0) is 28.3. The highest BCUT2D eigenvalue weighted by atomic mass is 16.3. The normalized spacial score (nSPS) is 11.7. The third kappa shape index (κ3) is 3.65. The van der Waals surface area contributed by atoms with E-state index in [1.807, 2.05) is 0 Å². The van der Waals surface area contributed by atoms with Crippen molar-refractivity contribution in [1.82, 2.24) is 0 Å². The molecule has 0 aliphatic rings. The van der Waals surface area contributed by atoms with Crippen LogP contribution in [0.5, 0.6) is 0 Å². The lowest BCUT2D eigenvalue weighted by atomic mass is 9.84. The summed E-state index contributed by atoms with van der Waals surface area (Å²) in [6.07, 6.45) is 0.